The first-order valence-electron chi connectivity index (χ1n) is 9.43. The van der Waals surface area contributed by atoms with Crippen LogP contribution in [0.5, 0.6) is 0 Å². The smallest absolute Gasteiger partial charge is 0.246 e. The highest BCUT2D eigenvalue weighted by atomic mass is 32.1. The molecule has 2 N–H and O–H groups in total. The number of nitrogens with one attached hydrogen (secondary N) is 2. The van der Waals surface area contributed by atoms with Gasteiger partial charge in [-0.25, -0.2) is 0 Å². The van der Waals surface area contributed by atoms with Crippen molar-refractivity contribution in [2.45, 2.75) is 26.3 Å². The Morgan fingerprint density at radius 1 is 1.24 bits per heavy atom. The lowest BCUT2D eigenvalue weighted by Gasteiger charge is -2.17. The molecule has 0 aliphatic carbocycles. The maximum Gasteiger partial charge on any atom is 0.246 e. The first-order chi connectivity index (χ1) is 14.1. The van der Waals surface area contributed by atoms with Crippen molar-refractivity contribution in [1.29, 1.82) is 0 Å². The molecule has 0 radical (unpaired) electrons. The van der Waals surface area contributed by atoms with Crippen LogP contribution in [0.25, 0.3) is 11.4 Å². The summed E-state index contributed by atoms with van der Waals surface area (Å²) in [6, 6.07) is 15.6. The second kappa shape index (κ2) is 8.40. The molecule has 4 rings (SSSR count). The van der Waals surface area contributed by atoms with Crippen molar-refractivity contribution in [3.63, 3.8) is 0 Å². The summed E-state index contributed by atoms with van der Waals surface area (Å²) in [4.78, 5) is 18.1. The normalized spacial score (nSPS) is 13.6. The molecular weight excluding hydrogens is 386 g/mol. The highest BCUT2D eigenvalue weighted by Crippen LogP contribution is 2.24. The lowest BCUT2D eigenvalue weighted by atomic mass is 10.1. The fourth-order valence-electron chi connectivity index (χ4n) is 3.15. The summed E-state index contributed by atoms with van der Waals surface area (Å²) >= 11 is 5.36. The average molecular weight is 407 g/mol. The standard InChI is InChI=1S/C21H21N5O2S/c1-14-7-9-15(10-8-14)20-24-18(28-25-20)13-22-21(29)23-16-4-2-5-17(12-16)26-11-3-6-19(26)27/h2,4-5,7-10,12H,3,6,11,13H2,1H3,(H2,22,23,29). The Kier molecular flexibility index (Phi) is 5.53. The van der Waals surface area contributed by atoms with E-state index in [1.165, 1.54) is 5.56 Å². The van der Waals surface area contributed by atoms with Gasteiger partial charge in [-0.1, -0.05) is 41.1 Å². The minimum atomic E-state index is 0.156. The van der Waals surface area contributed by atoms with Crippen LogP contribution < -0.4 is 15.5 Å². The van der Waals surface area contributed by atoms with Crippen LogP contribution in [0.15, 0.2) is 53.1 Å². The van der Waals surface area contributed by atoms with Crippen molar-refractivity contribution in [3.8, 4) is 11.4 Å². The van der Waals surface area contributed by atoms with Crippen molar-refractivity contribution in [1.82, 2.24) is 15.5 Å². The number of amides is 1. The van der Waals surface area contributed by atoms with E-state index in [-0.39, 0.29) is 5.91 Å². The molecule has 0 spiro atoms. The second-order valence-corrected chi connectivity index (χ2v) is 7.29. The fraction of sp³-hybridized carbons (Fsp3) is 0.238. The summed E-state index contributed by atoms with van der Waals surface area (Å²) in [6.45, 7) is 3.10. The molecule has 1 fully saturated rings. The van der Waals surface area contributed by atoms with E-state index in [9.17, 15) is 4.79 Å². The first kappa shape index (κ1) is 19.1. The largest absolute Gasteiger partial charge is 0.353 e. The van der Waals surface area contributed by atoms with Crippen molar-refractivity contribution >= 4 is 34.6 Å². The highest BCUT2D eigenvalue weighted by Gasteiger charge is 2.21. The van der Waals surface area contributed by atoms with Crippen LogP contribution in [0.4, 0.5) is 11.4 Å². The third kappa shape index (κ3) is 4.60. The fourth-order valence-corrected chi connectivity index (χ4v) is 3.34. The quantitative estimate of drug-likeness (QED) is 0.625. The molecule has 3 aromatic rings. The second-order valence-electron chi connectivity index (χ2n) is 6.88. The number of benzene rings is 2. The number of aromatic nitrogens is 2. The predicted octanol–water partition coefficient (Wildman–Crippen LogP) is 3.66. The zero-order valence-corrected chi connectivity index (χ0v) is 16.8. The molecule has 8 heteroatoms. The third-order valence-electron chi connectivity index (χ3n) is 4.67. The van der Waals surface area contributed by atoms with E-state index < -0.39 is 0 Å². The van der Waals surface area contributed by atoms with E-state index in [0.29, 0.717) is 29.8 Å². The van der Waals surface area contributed by atoms with Crippen LogP contribution in [0.1, 0.15) is 24.3 Å². The molecule has 29 heavy (non-hydrogen) atoms. The van der Waals surface area contributed by atoms with Crippen LogP contribution in [0, 0.1) is 6.92 Å². The van der Waals surface area contributed by atoms with E-state index in [1.54, 1.807) is 4.90 Å². The molecule has 0 bridgehead atoms. The van der Waals surface area contributed by atoms with Crippen LogP contribution in [-0.2, 0) is 11.3 Å². The minimum Gasteiger partial charge on any atom is -0.353 e. The molecule has 0 unspecified atom stereocenters. The first-order valence-corrected chi connectivity index (χ1v) is 9.84. The topological polar surface area (TPSA) is 83.3 Å². The summed E-state index contributed by atoms with van der Waals surface area (Å²) < 4.78 is 5.29. The Hall–Kier alpha value is -3.26. The highest BCUT2D eigenvalue weighted by molar-refractivity contribution is 7.80. The van der Waals surface area contributed by atoms with Gasteiger partial charge >= 0.3 is 0 Å². The number of hydrogen-bond donors (Lipinski definition) is 2. The average Bonchev–Trinajstić information content (AvgIpc) is 3.36. The van der Waals surface area contributed by atoms with Crippen LogP contribution in [0.2, 0.25) is 0 Å². The molecule has 7 nitrogen and oxygen atoms in total. The van der Waals surface area contributed by atoms with Crippen molar-refractivity contribution in [3.05, 3.63) is 60.0 Å². The zero-order valence-electron chi connectivity index (χ0n) is 16.0. The Morgan fingerprint density at radius 3 is 2.83 bits per heavy atom. The number of aryl methyl sites for hydroxylation is 1. The van der Waals surface area contributed by atoms with Gasteiger partial charge in [0.2, 0.25) is 17.6 Å². The van der Waals surface area contributed by atoms with Crippen LogP contribution >= 0.6 is 12.2 Å². The van der Waals surface area contributed by atoms with Gasteiger partial charge in [0, 0.05) is 29.9 Å². The number of hydrogen-bond acceptors (Lipinski definition) is 5. The summed E-state index contributed by atoms with van der Waals surface area (Å²) in [6.07, 6.45) is 1.50. The number of thiocarbonyl (C=S) groups is 1. The molecule has 1 aliphatic rings. The number of nitrogens with zero attached hydrogens (tertiary/aromatic N) is 3. The molecule has 2 heterocycles. The van der Waals surface area contributed by atoms with Gasteiger partial charge in [0.05, 0.1) is 6.54 Å². The van der Waals surface area contributed by atoms with Gasteiger partial charge in [0.15, 0.2) is 5.11 Å². The number of rotatable bonds is 5. The van der Waals surface area contributed by atoms with Gasteiger partial charge in [-0.15, -0.1) is 0 Å². The van der Waals surface area contributed by atoms with Crippen molar-refractivity contribution in [2.75, 3.05) is 16.8 Å². The van der Waals surface area contributed by atoms with Crippen LogP contribution in [0.3, 0.4) is 0 Å². The van der Waals surface area contributed by atoms with Gasteiger partial charge in [0.25, 0.3) is 0 Å². The molecule has 1 amide bonds. The molecule has 0 saturated carbocycles. The van der Waals surface area contributed by atoms with Gasteiger partial charge in [-0.3, -0.25) is 4.79 Å². The third-order valence-corrected chi connectivity index (χ3v) is 4.91. The summed E-state index contributed by atoms with van der Waals surface area (Å²) in [5.41, 5.74) is 3.76. The number of carbonyl (C=O) groups is 1. The minimum absolute atomic E-state index is 0.156. The van der Waals surface area contributed by atoms with Gasteiger partial charge in [-0.05, 0) is 43.8 Å². The Balaban J connectivity index is 1.34. The van der Waals surface area contributed by atoms with E-state index in [1.807, 2.05) is 55.5 Å². The SMILES string of the molecule is Cc1ccc(-c2noc(CNC(=S)Nc3cccc(N4CCCC4=O)c3)n2)cc1. The monoisotopic (exact) mass is 407 g/mol. The molecule has 148 valence electrons. The van der Waals surface area contributed by atoms with E-state index in [2.05, 4.69) is 20.8 Å². The number of carbonyl (C=O) groups excluding carboxylic acids is 1. The molecule has 1 aromatic heterocycles. The Morgan fingerprint density at radius 2 is 2.07 bits per heavy atom. The summed E-state index contributed by atoms with van der Waals surface area (Å²) in [5, 5.41) is 10.6. The molecule has 1 aliphatic heterocycles. The van der Waals surface area contributed by atoms with Gasteiger partial charge < -0.3 is 20.1 Å². The molecular formula is C21H21N5O2S. The van der Waals surface area contributed by atoms with E-state index >= 15 is 0 Å². The number of anilines is 2. The predicted molar refractivity (Wildman–Crippen MR) is 116 cm³/mol. The summed E-state index contributed by atoms with van der Waals surface area (Å²) in [7, 11) is 0. The lowest BCUT2D eigenvalue weighted by Crippen LogP contribution is -2.28. The van der Waals surface area contributed by atoms with Crippen LogP contribution in [-0.4, -0.2) is 27.7 Å². The van der Waals surface area contributed by atoms with Gasteiger partial charge in [0.1, 0.15) is 0 Å². The van der Waals surface area contributed by atoms with Crippen molar-refractivity contribution in [2.24, 2.45) is 0 Å². The maximum absolute atomic E-state index is 11.9. The summed E-state index contributed by atoms with van der Waals surface area (Å²) in [5.74, 6) is 1.15. The van der Waals surface area contributed by atoms with E-state index in [4.69, 9.17) is 16.7 Å². The lowest BCUT2D eigenvalue weighted by molar-refractivity contribution is -0.117. The van der Waals surface area contributed by atoms with E-state index in [0.717, 1.165) is 29.9 Å². The Bertz CT molecular complexity index is 1030. The molecule has 1 saturated heterocycles. The Labute approximate surface area is 174 Å². The van der Waals surface area contributed by atoms with Crippen molar-refractivity contribution < 1.29 is 9.32 Å². The van der Waals surface area contributed by atoms with Gasteiger partial charge in [-0.2, -0.15) is 4.98 Å². The molecule has 0 atom stereocenters. The zero-order chi connectivity index (χ0) is 20.2. The maximum atomic E-state index is 11.9. The molecule has 2 aromatic carbocycles.